The number of hydrogen-bond acceptors (Lipinski definition) is 2. The highest BCUT2D eigenvalue weighted by Crippen LogP contribution is 2.35. The van der Waals surface area contributed by atoms with Crippen molar-refractivity contribution in [1.29, 1.82) is 0 Å². The number of amides is 1. The molecule has 0 atom stereocenters. The van der Waals surface area contributed by atoms with E-state index in [9.17, 15) is 4.79 Å². The van der Waals surface area contributed by atoms with E-state index < -0.39 is 5.60 Å². The molecule has 3 rings (SSSR count). The number of piperidine rings is 1. The van der Waals surface area contributed by atoms with Crippen LogP contribution in [0, 0.1) is 5.92 Å². The number of carbonyl (C=O) groups is 1. The summed E-state index contributed by atoms with van der Waals surface area (Å²) >= 11 is 0. The van der Waals surface area contributed by atoms with E-state index in [2.05, 4.69) is 0 Å². The molecule has 28 heavy (non-hydrogen) atoms. The Morgan fingerprint density at radius 3 is 1.82 bits per heavy atom. The molecular weight excluding hydrogens is 353 g/mol. The van der Waals surface area contributed by atoms with Crippen LogP contribution in [0.1, 0.15) is 44.7 Å². The first-order chi connectivity index (χ1) is 13.3. The molecule has 0 unspecified atom stereocenters. The van der Waals surface area contributed by atoms with E-state index in [0.717, 1.165) is 11.1 Å². The van der Waals surface area contributed by atoms with Crippen molar-refractivity contribution < 1.29 is 13.9 Å². The molecule has 1 saturated heterocycles. The van der Waals surface area contributed by atoms with E-state index in [1.54, 1.807) is 4.90 Å². The van der Waals surface area contributed by atoms with Crippen molar-refractivity contribution >= 4 is 11.7 Å². The lowest BCUT2D eigenvalue weighted by Gasteiger charge is -2.33. The Bertz CT molecular complexity index is 775. The summed E-state index contributed by atoms with van der Waals surface area (Å²) in [5, 5.41) is 0. The Morgan fingerprint density at radius 1 is 0.929 bits per heavy atom. The van der Waals surface area contributed by atoms with Gasteiger partial charge in [0.05, 0.1) is 0 Å². The molecular formula is C24H28FNO2. The van der Waals surface area contributed by atoms with Crippen molar-refractivity contribution in [2.75, 3.05) is 13.1 Å². The maximum atomic E-state index is 15.7. The average Bonchev–Trinajstić information content (AvgIpc) is 2.68. The third-order valence-electron chi connectivity index (χ3n) is 4.87. The van der Waals surface area contributed by atoms with E-state index >= 15 is 4.39 Å². The number of halogens is 1. The van der Waals surface area contributed by atoms with Gasteiger partial charge in [0.15, 0.2) is 0 Å². The molecule has 148 valence electrons. The SMILES string of the molecule is CC(C)(C)OC(=O)N1CCC(C(F)=C(c2ccccc2)c2ccccc2)CC1. The van der Waals surface area contributed by atoms with E-state index in [4.69, 9.17) is 4.74 Å². The highest BCUT2D eigenvalue weighted by Gasteiger charge is 2.30. The maximum absolute atomic E-state index is 15.7. The van der Waals surface area contributed by atoms with Gasteiger partial charge in [-0.3, -0.25) is 0 Å². The number of hydrogen-bond donors (Lipinski definition) is 0. The summed E-state index contributed by atoms with van der Waals surface area (Å²) < 4.78 is 21.1. The lowest BCUT2D eigenvalue weighted by molar-refractivity contribution is 0.0188. The predicted octanol–water partition coefficient (Wildman–Crippen LogP) is 6.06. The molecule has 4 heteroatoms. The molecule has 0 aromatic heterocycles. The summed E-state index contributed by atoms with van der Waals surface area (Å²) in [7, 11) is 0. The van der Waals surface area contributed by atoms with Gasteiger partial charge in [-0.1, -0.05) is 60.7 Å². The van der Waals surface area contributed by atoms with Gasteiger partial charge in [0.2, 0.25) is 0 Å². The first kappa shape index (κ1) is 20.1. The van der Waals surface area contributed by atoms with Crippen LogP contribution in [0.3, 0.4) is 0 Å². The van der Waals surface area contributed by atoms with Crippen LogP contribution >= 0.6 is 0 Å². The lowest BCUT2D eigenvalue weighted by atomic mass is 9.88. The van der Waals surface area contributed by atoms with Crippen molar-refractivity contribution in [3.63, 3.8) is 0 Å². The van der Waals surface area contributed by atoms with Gasteiger partial charge in [-0.25, -0.2) is 9.18 Å². The average molecular weight is 381 g/mol. The molecule has 1 aliphatic heterocycles. The lowest BCUT2D eigenvalue weighted by Crippen LogP contribution is -2.41. The minimum atomic E-state index is -0.521. The Hall–Kier alpha value is -2.62. The molecule has 1 amide bonds. The standard InChI is InChI=1S/C24H28FNO2/c1-24(2,3)28-23(27)26-16-14-20(15-17-26)22(25)21(18-10-6-4-7-11-18)19-12-8-5-9-13-19/h4-13,20H,14-17H2,1-3H3. The van der Waals surface area contributed by atoms with Crippen LogP contribution in [-0.4, -0.2) is 29.7 Å². The third kappa shape index (κ3) is 5.00. The smallest absolute Gasteiger partial charge is 0.410 e. The number of benzene rings is 2. The van der Waals surface area contributed by atoms with Crippen LogP contribution in [0.2, 0.25) is 0 Å². The van der Waals surface area contributed by atoms with E-state index in [1.165, 1.54) is 0 Å². The second-order valence-corrected chi connectivity index (χ2v) is 8.20. The highest BCUT2D eigenvalue weighted by molar-refractivity contribution is 5.81. The Balaban J connectivity index is 1.81. The molecule has 0 spiro atoms. The first-order valence-electron chi connectivity index (χ1n) is 9.83. The Labute approximate surface area is 166 Å². The third-order valence-corrected chi connectivity index (χ3v) is 4.87. The quantitative estimate of drug-likeness (QED) is 0.646. The minimum absolute atomic E-state index is 0.0961. The monoisotopic (exact) mass is 381 g/mol. The molecule has 2 aromatic carbocycles. The van der Waals surface area contributed by atoms with Crippen molar-refractivity contribution in [3.8, 4) is 0 Å². The number of carbonyl (C=O) groups excluding carboxylic acids is 1. The van der Waals surface area contributed by atoms with Gasteiger partial charge in [-0.15, -0.1) is 0 Å². The van der Waals surface area contributed by atoms with Gasteiger partial charge < -0.3 is 9.64 Å². The van der Waals surface area contributed by atoms with Crippen molar-refractivity contribution in [2.45, 2.75) is 39.2 Å². The molecule has 0 aliphatic carbocycles. The summed E-state index contributed by atoms with van der Waals surface area (Å²) in [6.45, 7) is 6.57. The van der Waals surface area contributed by atoms with E-state index in [1.807, 2.05) is 81.4 Å². The molecule has 0 N–H and O–H groups in total. The molecule has 1 heterocycles. The second-order valence-electron chi connectivity index (χ2n) is 8.20. The van der Waals surface area contributed by atoms with Crippen LogP contribution in [-0.2, 0) is 4.74 Å². The summed E-state index contributed by atoms with van der Waals surface area (Å²) in [6, 6.07) is 19.3. The van der Waals surface area contributed by atoms with Crippen LogP contribution in [0.25, 0.3) is 5.57 Å². The van der Waals surface area contributed by atoms with Gasteiger partial charge in [0.25, 0.3) is 0 Å². The zero-order valence-corrected chi connectivity index (χ0v) is 16.8. The van der Waals surface area contributed by atoms with Gasteiger partial charge >= 0.3 is 6.09 Å². The fraction of sp³-hybridized carbons (Fsp3) is 0.375. The number of ether oxygens (including phenoxy) is 1. The normalized spacial score (nSPS) is 15.2. The van der Waals surface area contributed by atoms with Gasteiger partial charge in [0, 0.05) is 24.6 Å². The van der Waals surface area contributed by atoms with Crippen LogP contribution in [0.5, 0.6) is 0 Å². The predicted molar refractivity (Wildman–Crippen MR) is 111 cm³/mol. The summed E-state index contributed by atoms with van der Waals surface area (Å²) in [6.07, 6.45) is 0.865. The number of likely N-dealkylation sites (tertiary alicyclic amines) is 1. The van der Waals surface area contributed by atoms with Crippen molar-refractivity contribution in [3.05, 3.63) is 77.6 Å². The van der Waals surface area contributed by atoms with Crippen molar-refractivity contribution in [2.24, 2.45) is 5.92 Å². The van der Waals surface area contributed by atoms with E-state index in [0.29, 0.717) is 31.5 Å². The Morgan fingerprint density at radius 2 is 1.39 bits per heavy atom. The molecule has 3 nitrogen and oxygen atoms in total. The summed E-state index contributed by atoms with van der Waals surface area (Å²) in [4.78, 5) is 13.9. The first-order valence-corrected chi connectivity index (χ1v) is 9.83. The minimum Gasteiger partial charge on any atom is -0.444 e. The van der Waals surface area contributed by atoms with E-state index in [-0.39, 0.29) is 17.8 Å². The number of nitrogens with zero attached hydrogens (tertiary/aromatic N) is 1. The van der Waals surface area contributed by atoms with Crippen LogP contribution in [0.15, 0.2) is 66.5 Å². The molecule has 0 bridgehead atoms. The van der Waals surface area contributed by atoms with Crippen LogP contribution < -0.4 is 0 Å². The van der Waals surface area contributed by atoms with Crippen molar-refractivity contribution in [1.82, 2.24) is 4.90 Å². The Kier molecular flexibility index (Phi) is 6.18. The summed E-state index contributed by atoms with van der Waals surface area (Å²) in [5.74, 6) is -0.296. The largest absolute Gasteiger partial charge is 0.444 e. The molecule has 1 aliphatic rings. The number of rotatable bonds is 3. The molecule has 1 fully saturated rings. The highest BCUT2D eigenvalue weighted by atomic mass is 19.1. The number of allylic oxidation sites excluding steroid dienone is 1. The molecule has 0 radical (unpaired) electrons. The fourth-order valence-electron chi connectivity index (χ4n) is 3.50. The molecule has 0 saturated carbocycles. The second kappa shape index (κ2) is 8.59. The fourth-order valence-corrected chi connectivity index (χ4v) is 3.50. The topological polar surface area (TPSA) is 29.5 Å². The molecule has 2 aromatic rings. The van der Waals surface area contributed by atoms with Crippen LogP contribution in [0.4, 0.5) is 9.18 Å². The zero-order valence-electron chi connectivity index (χ0n) is 16.8. The van der Waals surface area contributed by atoms with Gasteiger partial charge in [-0.05, 0) is 44.7 Å². The maximum Gasteiger partial charge on any atom is 0.410 e. The zero-order chi connectivity index (χ0) is 20.1. The summed E-state index contributed by atoms with van der Waals surface area (Å²) in [5.41, 5.74) is 1.88. The van der Waals surface area contributed by atoms with Gasteiger partial charge in [0.1, 0.15) is 11.4 Å². The van der Waals surface area contributed by atoms with Gasteiger partial charge in [-0.2, -0.15) is 0 Å².